The monoisotopic (exact) mass is 299 g/mol. The lowest BCUT2D eigenvalue weighted by molar-refractivity contribution is 0.0641. The van der Waals surface area contributed by atoms with Crippen molar-refractivity contribution in [1.82, 2.24) is 15.2 Å². The molecule has 5 heteroatoms. The molecule has 0 bridgehead atoms. The molecule has 116 valence electrons. The lowest BCUT2D eigenvalue weighted by Crippen LogP contribution is -2.55. The Kier molecular flexibility index (Phi) is 3.98. The van der Waals surface area contributed by atoms with Gasteiger partial charge in [-0.25, -0.2) is 4.98 Å². The summed E-state index contributed by atoms with van der Waals surface area (Å²) in [6.45, 7) is 7.35. The van der Waals surface area contributed by atoms with E-state index in [1.165, 1.54) is 0 Å². The Bertz CT molecular complexity index is 656. The number of hydrogen-bond acceptors (Lipinski definition) is 4. The summed E-state index contributed by atoms with van der Waals surface area (Å²) < 4.78 is 5.76. The van der Waals surface area contributed by atoms with Crippen molar-refractivity contribution in [3.8, 4) is 11.5 Å². The highest BCUT2D eigenvalue weighted by Crippen LogP contribution is 2.23. The van der Waals surface area contributed by atoms with E-state index in [0.29, 0.717) is 30.4 Å². The number of piperazine rings is 1. The van der Waals surface area contributed by atoms with Gasteiger partial charge in [-0.05, 0) is 32.9 Å². The van der Waals surface area contributed by atoms with Crippen molar-refractivity contribution in [3.05, 3.63) is 41.8 Å². The summed E-state index contributed by atoms with van der Waals surface area (Å²) in [6, 6.07) is 10.2. The lowest BCUT2D eigenvalue weighted by atomic mass is 10.1. The fourth-order valence-corrected chi connectivity index (χ4v) is 2.94. The van der Waals surface area contributed by atoms with E-state index in [0.717, 1.165) is 5.56 Å². The van der Waals surface area contributed by atoms with Crippen molar-refractivity contribution in [2.75, 3.05) is 13.1 Å². The summed E-state index contributed by atoms with van der Waals surface area (Å²) in [5.41, 5.74) is 1.52. The first kappa shape index (κ1) is 14.8. The molecule has 5 nitrogen and oxygen atoms in total. The zero-order chi connectivity index (χ0) is 15.7. The van der Waals surface area contributed by atoms with Crippen molar-refractivity contribution in [1.29, 1.82) is 0 Å². The molecular formula is C17H21N3O2. The molecule has 2 heterocycles. The second kappa shape index (κ2) is 5.93. The van der Waals surface area contributed by atoms with Crippen LogP contribution in [0.15, 0.2) is 34.7 Å². The molecule has 2 aromatic rings. The summed E-state index contributed by atoms with van der Waals surface area (Å²) in [5, 5.41) is 3.42. The molecule has 2 atom stereocenters. The Morgan fingerprint density at radius 2 is 1.86 bits per heavy atom. The van der Waals surface area contributed by atoms with Crippen LogP contribution in [-0.4, -0.2) is 41.0 Å². The molecule has 0 radical (unpaired) electrons. The van der Waals surface area contributed by atoms with E-state index >= 15 is 0 Å². The van der Waals surface area contributed by atoms with Gasteiger partial charge >= 0.3 is 0 Å². The number of hydrogen-bond donors (Lipinski definition) is 1. The fraction of sp³-hybridized carbons (Fsp3) is 0.412. The Labute approximate surface area is 130 Å². The second-order valence-corrected chi connectivity index (χ2v) is 5.98. The van der Waals surface area contributed by atoms with Crippen LogP contribution >= 0.6 is 0 Å². The number of nitrogens with one attached hydrogen (secondary N) is 1. The molecule has 1 saturated heterocycles. The average molecular weight is 299 g/mol. The number of carbonyl (C=O) groups is 1. The van der Waals surface area contributed by atoms with Crippen LogP contribution in [-0.2, 0) is 0 Å². The maximum Gasteiger partial charge on any atom is 0.291 e. The van der Waals surface area contributed by atoms with Crippen molar-refractivity contribution >= 4 is 5.91 Å². The van der Waals surface area contributed by atoms with Gasteiger partial charge in [0, 0.05) is 30.7 Å². The topological polar surface area (TPSA) is 58.4 Å². The van der Waals surface area contributed by atoms with Crippen molar-refractivity contribution in [2.45, 2.75) is 32.9 Å². The third-order valence-electron chi connectivity index (χ3n) is 3.86. The SMILES string of the molecule is Cc1nc(-c2ccccc2)oc1C(=O)N1C[C@H](C)N[C@@H](C)C1. The van der Waals surface area contributed by atoms with Crippen LogP contribution in [0, 0.1) is 6.92 Å². The molecule has 1 aromatic heterocycles. The van der Waals surface area contributed by atoms with E-state index in [-0.39, 0.29) is 18.0 Å². The van der Waals surface area contributed by atoms with Crippen LogP contribution in [0.3, 0.4) is 0 Å². The molecule has 22 heavy (non-hydrogen) atoms. The van der Waals surface area contributed by atoms with Gasteiger partial charge in [-0.15, -0.1) is 0 Å². The van der Waals surface area contributed by atoms with Crippen LogP contribution < -0.4 is 5.32 Å². The summed E-state index contributed by atoms with van der Waals surface area (Å²) in [4.78, 5) is 19.0. The molecule has 0 aliphatic carbocycles. The molecule has 1 aromatic carbocycles. The Morgan fingerprint density at radius 1 is 1.23 bits per heavy atom. The summed E-state index contributed by atoms with van der Waals surface area (Å²) in [7, 11) is 0. The maximum atomic E-state index is 12.7. The number of rotatable bonds is 2. The smallest absolute Gasteiger partial charge is 0.291 e. The molecule has 0 spiro atoms. The molecule has 1 aliphatic rings. The first-order chi connectivity index (χ1) is 10.5. The Morgan fingerprint density at radius 3 is 2.50 bits per heavy atom. The van der Waals surface area contributed by atoms with Gasteiger partial charge in [0.2, 0.25) is 11.7 Å². The predicted octanol–water partition coefficient (Wildman–Crippen LogP) is 2.47. The van der Waals surface area contributed by atoms with E-state index in [2.05, 4.69) is 24.1 Å². The summed E-state index contributed by atoms with van der Waals surface area (Å²) >= 11 is 0. The average Bonchev–Trinajstić information content (AvgIpc) is 2.88. The normalized spacial score (nSPS) is 21.9. The number of aromatic nitrogens is 1. The van der Waals surface area contributed by atoms with Crippen LogP contribution in [0.2, 0.25) is 0 Å². The standard InChI is InChI=1S/C17H21N3O2/c1-11-9-20(10-12(2)18-11)17(21)15-13(3)19-16(22-15)14-7-5-4-6-8-14/h4-8,11-12,18H,9-10H2,1-3H3/t11-,12-/m0/s1. The Balaban J connectivity index is 1.86. The molecule has 0 unspecified atom stereocenters. The quantitative estimate of drug-likeness (QED) is 0.925. The molecule has 1 fully saturated rings. The van der Waals surface area contributed by atoms with Gasteiger partial charge < -0.3 is 14.6 Å². The molecule has 0 saturated carbocycles. The van der Waals surface area contributed by atoms with E-state index < -0.39 is 0 Å². The molecular weight excluding hydrogens is 278 g/mol. The van der Waals surface area contributed by atoms with Gasteiger partial charge in [-0.2, -0.15) is 0 Å². The van der Waals surface area contributed by atoms with Crippen LogP contribution in [0.5, 0.6) is 0 Å². The maximum absolute atomic E-state index is 12.7. The number of nitrogens with zero attached hydrogens (tertiary/aromatic N) is 2. The van der Waals surface area contributed by atoms with Crippen molar-refractivity contribution in [2.24, 2.45) is 0 Å². The zero-order valence-electron chi connectivity index (χ0n) is 13.2. The lowest BCUT2D eigenvalue weighted by Gasteiger charge is -2.35. The van der Waals surface area contributed by atoms with E-state index in [1.807, 2.05) is 42.2 Å². The largest absolute Gasteiger partial charge is 0.431 e. The second-order valence-electron chi connectivity index (χ2n) is 5.98. The number of amides is 1. The number of benzene rings is 1. The van der Waals surface area contributed by atoms with Gasteiger partial charge in [-0.3, -0.25) is 4.79 Å². The van der Waals surface area contributed by atoms with Gasteiger partial charge in [0.1, 0.15) is 0 Å². The summed E-state index contributed by atoms with van der Waals surface area (Å²) in [5.74, 6) is 0.769. The van der Waals surface area contributed by atoms with Crippen LogP contribution in [0.1, 0.15) is 30.1 Å². The van der Waals surface area contributed by atoms with Gasteiger partial charge in [-0.1, -0.05) is 18.2 Å². The van der Waals surface area contributed by atoms with Crippen molar-refractivity contribution < 1.29 is 9.21 Å². The highest BCUT2D eigenvalue weighted by molar-refractivity contribution is 5.93. The minimum atomic E-state index is -0.0765. The van der Waals surface area contributed by atoms with Crippen molar-refractivity contribution in [3.63, 3.8) is 0 Å². The first-order valence-corrected chi connectivity index (χ1v) is 7.62. The zero-order valence-corrected chi connectivity index (χ0v) is 13.2. The third-order valence-corrected chi connectivity index (χ3v) is 3.86. The minimum Gasteiger partial charge on any atom is -0.431 e. The molecule has 3 rings (SSSR count). The van der Waals surface area contributed by atoms with Gasteiger partial charge in [0.05, 0.1) is 5.69 Å². The Hall–Kier alpha value is -2.14. The van der Waals surface area contributed by atoms with Gasteiger partial charge in [0.25, 0.3) is 5.91 Å². The molecule has 1 aliphatic heterocycles. The van der Waals surface area contributed by atoms with E-state index in [4.69, 9.17) is 4.42 Å². The van der Waals surface area contributed by atoms with Crippen LogP contribution in [0.4, 0.5) is 0 Å². The number of carbonyl (C=O) groups excluding carboxylic acids is 1. The number of oxazole rings is 1. The van der Waals surface area contributed by atoms with E-state index in [1.54, 1.807) is 0 Å². The fourth-order valence-electron chi connectivity index (χ4n) is 2.94. The highest BCUT2D eigenvalue weighted by atomic mass is 16.4. The predicted molar refractivity (Wildman–Crippen MR) is 84.6 cm³/mol. The molecule has 1 N–H and O–H groups in total. The summed E-state index contributed by atoms with van der Waals surface area (Å²) in [6.07, 6.45) is 0. The third kappa shape index (κ3) is 2.90. The van der Waals surface area contributed by atoms with Gasteiger partial charge in [0.15, 0.2) is 0 Å². The van der Waals surface area contributed by atoms with Crippen LogP contribution in [0.25, 0.3) is 11.5 Å². The first-order valence-electron chi connectivity index (χ1n) is 7.62. The highest BCUT2D eigenvalue weighted by Gasteiger charge is 2.29. The molecule has 1 amide bonds. The minimum absolute atomic E-state index is 0.0765. The van der Waals surface area contributed by atoms with E-state index in [9.17, 15) is 4.79 Å². The number of aryl methyl sites for hydroxylation is 1.